The molecule has 1 atom stereocenters. The van der Waals surface area contributed by atoms with Gasteiger partial charge in [-0.3, -0.25) is 4.79 Å². The number of ether oxygens (including phenoxy) is 5. The first-order chi connectivity index (χ1) is 18.2. The number of methoxy groups -OCH3 is 3. The molecule has 1 heterocycles. The molecule has 1 N–H and O–H groups in total. The number of Topliss-reactive ketones (excluding diaryl/α,β-unsaturated/α-hetero) is 1. The summed E-state index contributed by atoms with van der Waals surface area (Å²) in [7, 11) is 4.60. The van der Waals surface area contributed by atoms with Crippen LogP contribution in [0.15, 0.2) is 65.0 Å². The number of dihydropyridines is 1. The van der Waals surface area contributed by atoms with Crippen LogP contribution in [0.5, 0.6) is 23.0 Å². The van der Waals surface area contributed by atoms with E-state index in [0.29, 0.717) is 58.2 Å². The summed E-state index contributed by atoms with van der Waals surface area (Å²) in [5.41, 5.74) is 2.87. The van der Waals surface area contributed by atoms with Crippen LogP contribution in [0.3, 0.4) is 0 Å². The van der Waals surface area contributed by atoms with Crippen LogP contribution in [0.1, 0.15) is 45.1 Å². The van der Waals surface area contributed by atoms with Crippen molar-refractivity contribution in [2.24, 2.45) is 5.41 Å². The third kappa shape index (κ3) is 5.49. The number of nitrogens with one attached hydrogen (secondary N) is 1. The number of ketones is 1. The molecule has 1 aliphatic heterocycles. The highest BCUT2D eigenvalue weighted by Gasteiger charge is 2.43. The predicted molar refractivity (Wildman–Crippen MR) is 143 cm³/mol. The second kappa shape index (κ2) is 11.2. The Morgan fingerprint density at radius 3 is 2.24 bits per heavy atom. The van der Waals surface area contributed by atoms with E-state index in [1.165, 1.54) is 21.3 Å². The van der Waals surface area contributed by atoms with Gasteiger partial charge in [0.15, 0.2) is 17.3 Å². The number of hydrogen-bond donors (Lipinski definition) is 1. The van der Waals surface area contributed by atoms with Gasteiger partial charge in [-0.25, -0.2) is 4.79 Å². The molecule has 1 aliphatic carbocycles. The zero-order valence-electron chi connectivity index (χ0n) is 22.8. The van der Waals surface area contributed by atoms with Crippen molar-refractivity contribution >= 4 is 11.8 Å². The zero-order chi connectivity index (χ0) is 27.4. The van der Waals surface area contributed by atoms with Gasteiger partial charge in [0.25, 0.3) is 0 Å². The Labute approximate surface area is 223 Å². The smallest absolute Gasteiger partial charge is 0.336 e. The maximum Gasteiger partial charge on any atom is 0.336 e. The summed E-state index contributed by atoms with van der Waals surface area (Å²) in [5, 5.41) is 3.35. The quantitative estimate of drug-likeness (QED) is 0.367. The van der Waals surface area contributed by atoms with Crippen LogP contribution in [0.2, 0.25) is 0 Å². The number of carbonyl (C=O) groups excluding carboxylic acids is 2. The molecule has 4 rings (SSSR count). The number of carbonyl (C=O) groups is 2. The van der Waals surface area contributed by atoms with Gasteiger partial charge in [-0.15, -0.1) is 0 Å². The molecule has 38 heavy (non-hydrogen) atoms. The van der Waals surface area contributed by atoms with Crippen molar-refractivity contribution < 1.29 is 33.3 Å². The van der Waals surface area contributed by atoms with Crippen molar-refractivity contribution in [3.8, 4) is 23.0 Å². The number of para-hydroxylation sites is 1. The molecular formula is C30H35NO7. The van der Waals surface area contributed by atoms with Crippen LogP contribution in [0.4, 0.5) is 0 Å². The lowest BCUT2D eigenvalue weighted by molar-refractivity contribution is -0.140. The van der Waals surface area contributed by atoms with Gasteiger partial charge in [0.05, 0.1) is 26.9 Å². The molecular weight excluding hydrogens is 486 g/mol. The largest absolute Gasteiger partial charge is 0.493 e. The average molecular weight is 522 g/mol. The van der Waals surface area contributed by atoms with Crippen LogP contribution < -0.4 is 24.3 Å². The third-order valence-electron chi connectivity index (χ3n) is 6.81. The van der Waals surface area contributed by atoms with Crippen LogP contribution >= 0.6 is 0 Å². The third-order valence-corrected chi connectivity index (χ3v) is 6.81. The van der Waals surface area contributed by atoms with Crippen LogP contribution in [0, 0.1) is 5.41 Å². The second-order valence-corrected chi connectivity index (χ2v) is 10.2. The van der Waals surface area contributed by atoms with Gasteiger partial charge in [-0.2, -0.15) is 0 Å². The topological polar surface area (TPSA) is 92.3 Å². The lowest BCUT2D eigenvalue weighted by Crippen LogP contribution is -2.38. The lowest BCUT2D eigenvalue weighted by atomic mass is 9.68. The number of esters is 1. The zero-order valence-corrected chi connectivity index (χ0v) is 22.8. The number of rotatable bonds is 9. The Hall–Kier alpha value is -3.94. The molecule has 8 heteroatoms. The maximum atomic E-state index is 13.6. The van der Waals surface area contributed by atoms with Crippen molar-refractivity contribution in [1.82, 2.24) is 5.32 Å². The van der Waals surface area contributed by atoms with Gasteiger partial charge in [0.2, 0.25) is 5.75 Å². The standard InChI is InChI=1S/C30H35NO7/c1-18-25(29(33)38-13-12-37-20-10-8-7-9-11-20)26(27-21(31-18)16-30(2,3)17-22(27)32)19-14-23(34-4)28(36-6)24(15-19)35-5/h7-11,14-15,26,31H,12-13,16-17H2,1-6H3/t26-/m1/s1. The van der Waals surface area contributed by atoms with Crippen LogP contribution in [-0.2, 0) is 14.3 Å². The summed E-state index contributed by atoms with van der Waals surface area (Å²) >= 11 is 0. The summed E-state index contributed by atoms with van der Waals surface area (Å²) in [6.07, 6.45) is 1.06. The van der Waals surface area contributed by atoms with Gasteiger partial charge in [0.1, 0.15) is 19.0 Å². The van der Waals surface area contributed by atoms with Gasteiger partial charge >= 0.3 is 5.97 Å². The minimum absolute atomic E-state index is 0.00675. The van der Waals surface area contributed by atoms with E-state index in [4.69, 9.17) is 23.7 Å². The molecule has 2 aromatic rings. The van der Waals surface area contributed by atoms with E-state index in [1.807, 2.05) is 37.3 Å². The van der Waals surface area contributed by atoms with E-state index in [9.17, 15) is 9.59 Å². The van der Waals surface area contributed by atoms with Gasteiger partial charge in [-0.05, 0) is 48.6 Å². The van der Waals surface area contributed by atoms with Crippen molar-refractivity contribution in [2.75, 3.05) is 34.5 Å². The summed E-state index contributed by atoms with van der Waals surface area (Å²) < 4.78 is 28.0. The van der Waals surface area contributed by atoms with E-state index in [0.717, 1.165) is 5.70 Å². The van der Waals surface area contributed by atoms with Gasteiger partial charge < -0.3 is 29.0 Å². The van der Waals surface area contributed by atoms with Crippen molar-refractivity contribution in [1.29, 1.82) is 0 Å². The molecule has 8 nitrogen and oxygen atoms in total. The van der Waals surface area contributed by atoms with Gasteiger partial charge in [0, 0.05) is 29.3 Å². The number of hydrogen-bond acceptors (Lipinski definition) is 8. The van der Waals surface area contributed by atoms with E-state index >= 15 is 0 Å². The summed E-state index contributed by atoms with van der Waals surface area (Å²) in [6, 6.07) is 12.9. The maximum absolute atomic E-state index is 13.6. The minimum atomic E-state index is -0.661. The van der Waals surface area contributed by atoms with Gasteiger partial charge in [-0.1, -0.05) is 32.0 Å². The predicted octanol–water partition coefficient (Wildman–Crippen LogP) is 4.94. The molecule has 202 valence electrons. The molecule has 0 bridgehead atoms. The Morgan fingerprint density at radius 1 is 0.974 bits per heavy atom. The highest BCUT2D eigenvalue weighted by molar-refractivity contribution is 6.04. The molecule has 0 radical (unpaired) electrons. The molecule has 0 unspecified atom stereocenters. The summed E-state index contributed by atoms with van der Waals surface area (Å²) in [5.74, 6) is 0.814. The van der Waals surface area contributed by atoms with E-state index in [-0.39, 0.29) is 24.4 Å². The number of allylic oxidation sites excluding steroid dienone is 3. The monoisotopic (exact) mass is 521 g/mol. The lowest BCUT2D eigenvalue weighted by Gasteiger charge is -2.39. The Morgan fingerprint density at radius 2 is 1.63 bits per heavy atom. The molecule has 2 aromatic carbocycles. The fourth-order valence-corrected chi connectivity index (χ4v) is 5.20. The molecule has 0 fully saturated rings. The molecule has 0 saturated heterocycles. The van der Waals surface area contributed by atoms with Crippen LogP contribution in [0.25, 0.3) is 0 Å². The first kappa shape index (κ1) is 27.1. The Bertz CT molecular complexity index is 1250. The fraction of sp³-hybridized carbons (Fsp3) is 0.400. The Balaban J connectivity index is 1.71. The fourth-order valence-electron chi connectivity index (χ4n) is 5.20. The molecule has 0 spiro atoms. The minimum Gasteiger partial charge on any atom is -0.493 e. The van der Waals surface area contributed by atoms with E-state index in [2.05, 4.69) is 19.2 Å². The molecule has 0 aromatic heterocycles. The first-order valence-electron chi connectivity index (χ1n) is 12.6. The Kier molecular flexibility index (Phi) is 7.99. The molecule has 0 amide bonds. The average Bonchev–Trinajstić information content (AvgIpc) is 2.89. The summed E-state index contributed by atoms with van der Waals surface area (Å²) in [4.78, 5) is 27.1. The van der Waals surface area contributed by atoms with Crippen molar-refractivity contribution in [3.63, 3.8) is 0 Å². The number of benzene rings is 2. The SMILES string of the molecule is COc1cc([C@@H]2C(C(=O)OCCOc3ccccc3)=C(C)NC3=C2C(=O)CC(C)(C)C3)cc(OC)c1OC. The first-order valence-corrected chi connectivity index (χ1v) is 12.6. The highest BCUT2D eigenvalue weighted by Crippen LogP contribution is 2.49. The van der Waals surface area contributed by atoms with E-state index < -0.39 is 11.9 Å². The van der Waals surface area contributed by atoms with Crippen molar-refractivity contribution in [2.45, 2.75) is 39.5 Å². The van der Waals surface area contributed by atoms with Crippen molar-refractivity contribution in [3.05, 3.63) is 70.6 Å². The summed E-state index contributed by atoms with van der Waals surface area (Å²) in [6.45, 7) is 6.23. The molecule has 0 saturated carbocycles. The van der Waals surface area contributed by atoms with Crippen LogP contribution in [-0.4, -0.2) is 46.3 Å². The normalized spacial score (nSPS) is 18.4. The highest BCUT2D eigenvalue weighted by atomic mass is 16.6. The van der Waals surface area contributed by atoms with E-state index in [1.54, 1.807) is 12.1 Å². The second-order valence-electron chi connectivity index (χ2n) is 10.2. The molecule has 2 aliphatic rings.